The minimum absolute atomic E-state index is 0.0760. The molecular weight excluding hydrogens is 350 g/mol. The van der Waals surface area contributed by atoms with Gasteiger partial charge in [-0.15, -0.1) is 10.2 Å². The van der Waals surface area contributed by atoms with E-state index in [9.17, 15) is 9.59 Å². The third-order valence-electron chi connectivity index (χ3n) is 3.94. The molecule has 2 N–H and O–H groups in total. The van der Waals surface area contributed by atoms with E-state index in [0.29, 0.717) is 5.16 Å². The van der Waals surface area contributed by atoms with Gasteiger partial charge in [0.05, 0.1) is 12.3 Å². The molecule has 0 radical (unpaired) electrons. The molecule has 0 unspecified atom stereocenters. The Labute approximate surface area is 155 Å². The Morgan fingerprint density at radius 1 is 1.08 bits per heavy atom. The average molecular weight is 369 g/mol. The summed E-state index contributed by atoms with van der Waals surface area (Å²) in [5.74, 6) is -0.337. The topological polar surface area (TPSA) is 88.4 Å². The number of hydrogen-bond acceptors (Lipinski definition) is 5. The van der Waals surface area contributed by atoms with Crippen LogP contribution in [0.3, 0.4) is 0 Å². The van der Waals surface area contributed by atoms with E-state index in [-0.39, 0.29) is 24.1 Å². The summed E-state index contributed by atoms with van der Waals surface area (Å²) in [7, 11) is 0. The van der Waals surface area contributed by atoms with Gasteiger partial charge in [-0.3, -0.25) is 14.0 Å². The first-order valence-corrected chi connectivity index (χ1v) is 9.08. The minimum Gasteiger partial charge on any atom is -0.346 e. The highest BCUT2D eigenvalue weighted by molar-refractivity contribution is 7.99. The Balaban J connectivity index is 1.48. The highest BCUT2D eigenvalue weighted by Gasteiger charge is 2.11. The molecule has 0 saturated carbocycles. The van der Waals surface area contributed by atoms with Gasteiger partial charge in [0, 0.05) is 11.9 Å². The van der Waals surface area contributed by atoms with Crippen LogP contribution in [0.1, 0.15) is 11.1 Å². The van der Waals surface area contributed by atoms with E-state index in [2.05, 4.69) is 20.8 Å². The monoisotopic (exact) mass is 369 g/mol. The lowest BCUT2D eigenvalue weighted by Gasteiger charge is -2.10. The molecule has 0 saturated heterocycles. The van der Waals surface area contributed by atoms with E-state index >= 15 is 0 Å². The molecule has 8 heteroatoms. The van der Waals surface area contributed by atoms with Crippen molar-refractivity contribution in [1.29, 1.82) is 0 Å². The van der Waals surface area contributed by atoms with Gasteiger partial charge in [-0.25, -0.2) is 0 Å². The van der Waals surface area contributed by atoms with Crippen LogP contribution in [-0.4, -0.2) is 38.7 Å². The molecule has 0 atom stereocenters. The van der Waals surface area contributed by atoms with Gasteiger partial charge in [0.2, 0.25) is 11.8 Å². The van der Waals surface area contributed by atoms with Crippen molar-refractivity contribution in [3.05, 3.63) is 53.7 Å². The third-order valence-corrected chi connectivity index (χ3v) is 4.88. The summed E-state index contributed by atoms with van der Waals surface area (Å²) in [6, 6.07) is 11.3. The number of aryl methyl sites for hydroxylation is 1. The molecule has 2 heterocycles. The number of carbonyl (C=O) groups is 2. The number of nitrogens with zero attached hydrogens (tertiary/aromatic N) is 3. The van der Waals surface area contributed by atoms with Gasteiger partial charge in [-0.1, -0.05) is 30.0 Å². The Hall–Kier alpha value is -2.87. The number of benzene rings is 1. The quantitative estimate of drug-likeness (QED) is 0.650. The van der Waals surface area contributed by atoms with Crippen molar-refractivity contribution < 1.29 is 9.59 Å². The Bertz CT molecular complexity index is 954. The van der Waals surface area contributed by atoms with Gasteiger partial charge < -0.3 is 10.6 Å². The molecule has 7 nitrogen and oxygen atoms in total. The lowest BCUT2D eigenvalue weighted by atomic mass is 10.1. The number of anilines is 1. The van der Waals surface area contributed by atoms with E-state index in [1.165, 1.54) is 11.8 Å². The molecule has 0 aliphatic heterocycles. The van der Waals surface area contributed by atoms with Crippen LogP contribution in [0.4, 0.5) is 5.69 Å². The van der Waals surface area contributed by atoms with E-state index in [1.54, 1.807) is 0 Å². The van der Waals surface area contributed by atoms with Crippen molar-refractivity contribution in [3.63, 3.8) is 0 Å². The lowest BCUT2D eigenvalue weighted by molar-refractivity contribution is -0.122. The highest BCUT2D eigenvalue weighted by atomic mass is 32.2. The number of fused-ring (bicyclic) bond motifs is 1. The Kier molecular flexibility index (Phi) is 5.52. The SMILES string of the molecule is Cc1cccc(NC(=O)CNC(=O)CSc2nnc3ccccn23)c1C. The molecule has 2 amide bonds. The van der Waals surface area contributed by atoms with Gasteiger partial charge in [-0.2, -0.15) is 0 Å². The molecular formula is C18H19N5O2S. The minimum atomic E-state index is -0.259. The number of aromatic nitrogens is 3. The second kappa shape index (κ2) is 8.01. The average Bonchev–Trinajstić information content (AvgIpc) is 3.05. The summed E-state index contributed by atoms with van der Waals surface area (Å²) in [4.78, 5) is 24.0. The first-order valence-electron chi connectivity index (χ1n) is 8.10. The van der Waals surface area contributed by atoms with Crippen LogP contribution in [0, 0.1) is 13.8 Å². The number of nitrogens with one attached hydrogen (secondary N) is 2. The number of amides is 2. The lowest BCUT2D eigenvalue weighted by Crippen LogP contribution is -2.34. The zero-order valence-corrected chi connectivity index (χ0v) is 15.3. The zero-order valence-electron chi connectivity index (χ0n) is 14.5. The number of pyridine rings is 1. The van der Waals surface area contributed by atoms with Crippen LogP contribution in [0.5, 0.6) is 0 Å². The molecule has 0 bridgehead atoms. The van der Waals surface area contributed by atoms with Crippen LogP contribution >= 0.6 is 11.8 Å². The molecule has 3 rings (SSSR count). The summed E-state index contributed by atoms with van der Waals surface area (Å²) in [5, 5.41) is 14.1. The molecule has 134 valence electrons. The van der Waals surface area contributed by atoms with Crippen LogP contribution in [0.25, 0.3) is 5.65 Å². The second-order valence-electron chi connectivity index (χ2n) is 5.77. The Morgan fingerprint density at radius 2 is 1.92 bits per heavy atom. The summed E-state index contributed by atoms with van der Waals surface area (Å²) >= 11 is 1.27. The maximum atomic E-state index is 12.0. The van der Waals surface area contributed by atoms with Crippen LogP contribution in [0.2, 0.25) is 0 Å². The molecule has 0 fully saturated rings. The standard InChI is InChI=1S/C18H19N5O2S/c1-12-6-5-7-14(13(12)2)20-16(24)10-19-17(25)11-26-18-22-21-15-8-3-4-9-23(15)18/h3-9H,10-11H2,1-2H3,(H,19,25)(H,20,24). The zero-order chi connectivity index (χ0) is 18.5. The Morgan fingerprint density at radius 3 is 2.77 bits per heavy atom. The molecule has 26 heavy (non-hydrogen) atoms. The summed E-state index contributed by atoms with van der Waals surface area (Å²) in [6.45, 7) is 3.86. The van der Waals surface area contributed by atoms with Crippen molar-refractivity contribution in [3.8, 4) is 0 Å². The van der Waals surface area contributed by atoms with Crippen molar-refractivity contribution in [1.82, 2.24) is 19.9 Å². The molecule has 0 aliphatic rings. The van der Waals surface area contributed by atoms with E-state index < -0.39 is 0 Å². The van der Waals surface area contributed by atoms with Crippen molar-refractivity contribution in [2.45, 2.75) is 19.0 Å². The number of rotatable bonds is 6. The predicted molar refractivity (Wildman–Crippen MR) is 101 cm³/mol. The second-order valence-corrected chi connectivity index (χ2v) is 6.71. The highest BCUT2D eigenvalue weighted by Crippen LogP contribution is 2.18. The summed E-state index contributed by atoms with van der Waals surface area (Å²) < 4.78 is 1.81. The maximum Gasteiger partial charge on any atom is 0.243 e. The first-order chi connectivity index (χ1) is 12.5. The van der Waals surface area contributed by atoms with E-state index in [0.717, 1.165) is 22.5 Å². The van der Waals surface area contributed by atoms with Gasteiger partial charge in [0.25, 0.3) is 0 Å². The van der Waals surface area contributed by atoms with Crippen LogP contribution in [-0.2, 0) is 9.59 Å². The number of carbonyl (C=O) groups excluding carboxylic acids is 2. The number of thioether (sulfide) groups is 1. The van der Waals surface area contributed by atoms with Gasteiger partial charge in [0.1, 0.15) is 0 Å². The maximum absolute atomic E-state index is 12.0. The fraction of sp³-hybridized carbons (Fsp3) is 0.222. The third kappa shape index (κ3) is 4.20. The smallest absolute Gasteiger partial charge is 0.243 e. The van der Waals surface area contributed by atoms with Gasteiger partial charge in [0.15, 0.2) is 10.8 Å². The van der Waals surface area contributed by atoms with E-state index in [1.807, 2.05) is 60.8 Å². The molecule has 2 aromatic heterocycles. The molecule has 1 aromatic carbocycles. The fourth-order valence-corrected chi connectivity index (χ4v) is 3.11. The van der Waals surface area contributed by atoms with Gasteiger partial charge >= 0.3 is 0 Å². The molecule has 3 aromatic rings. The molecule has 0 spiro atoms. The summed E-state index contributed by atoms with van der Waals surface area (Å²) in [5.41, 5.74) is 3.60. The number of hydrogen-bond donors (Lipinski definition) is 2. The first kappa shape index (κ1) is 17.9. The van der Waals surface area contributed by atoms with Crippen LogP contribution < -0.4 is 10.6 Å². The fourth-order valence-electron chi connectivity index (χ4n) is 2.36. The largest absolute Gasteiger partial charge is 0.346 e. The van der Waals surface area contributed by atoms with Crippen LogP contribution in [0.15, 0.2) is 47.8 Å². The predicted octanol–water partition coefficient (Wildman–Crippen LogP) is 2.19. The molecule has 0 aliphatic carbocycles. The van der Waals surface area contributed by atoms with Crippen molar-refractivity contribution >= 4 is 34.9 Å². The van der Waals surface area contributed by atoms with Crippen molar-refractivity contribution in [2.24, 2.45) is 0 Å². The van der Waals surface area contributed by atoms with E-state index in [4.69, 9.17) is 0 Å². The van der Waals surface area contributed by atoms with Gasteiger partial charge in [-0.05, 0) is 43.2 Å². The normalized spacial score (nSPS) is 10.7. The summed E-state index contributed by atoms with van der Waals surface area (Å²) in [6.07, 6.45) is 1.84. The van der Waals surface area contributed by atoms with Crippen molar-refractivity contribution in [2.75, 3.05) is 17.6 Å².